The Labute approximate surface area is 158 Å². The van der Waals surface area contributed by atoms with Crippen LogP contribution in [-0.4, -0.2) is 29.3 Å². The minimum atomic E-state index is -4.51. The summed E-state index contributed by atoms with van der Waals surface area (Å²) in [6, 6.07) is 7.95. The molecule has 4 nitrogen and oxygen atoms in total. The van der Waals surface area contributed by atoms with Gasteiger partial charge in [-0.3, -0.25) is 9.78 Å². The number of ether oxygens (including phenoxy) is 1. The van der Waals surface area contributed by atoms with Gasteiger partial charge in [0.1, 0.15) is 6.17 Å². The van der Waals surface area contributed by atoms with Crippen molar-refractivity contribution in [1.82, 2.24) is 4.98 Å². The summed E-state index contributed by atoms with van der Waals surface area (Å²) in [4.78, 5) is 17.1. The minimum Gasteiger partial charge on any atom is -0.370 e. The number of anilines is 1. The van der Waals surface area contributed by atoms with Crippen molar-refractivity contribution in [3.63, 3.8) is 0 Å². The van der Waals surface area contributed by atoms with E-state index in [0.29, 0.717) is 0 Å². The number of carbonyl (C=O) groups is 1. The molecule has 4 rings (SSSR count). The lowest BCUT2D eigenvalue weighted by atomic mass is 9.74. The Morgan fingerprint density at radius 2 is 2.04 bits per heavy atom. The number of hydrogen-bond acceptors (Lipinski definition) is 3. The number of hydrogen-bond donors (Lipinski definition) is 1. The third-order valence-electron chi connectivity index (χ3n) is 5.35. The minimum absolute atomic E-state index is 0.0454. The standard InChI is InChI=1S/C20H18F4N2O2/c1-10-7-11(5-6-25-10)16-17(15-9-14(21)18(16)28-15)19(27)26-13-4-2-3-12(8-13)20(22,23)24/h2-8,14-18H,9H2,1H3,(H,26,27)/t14-,15-,16-,17+,18+/m1/s1. The average molecular weight is 394 g/mol. The van der Waals surface area contributed by atoms with Crippen LogP contribution in [0.1, 0.15) is 29.2 Å². The predicted molar refractivity (Wildman–Crippen MR) is 93.5 cm³/mol. The van der Waals surface area contributed by atoms with Gasteiger partial charge in [-0.05, 0) is 42.8 Å². The molecule has 5 atom stereocenters. The summed E-state index contributed by atoms with van der Waals surface area (Å²) in [7, 11) is 0. The summed E-state index contributed by atoms with van der Waals surface area (Å²) in [6.07, 6.45) is -5.35. The Morgan fingerprint density at radius 3 is 2.75 bits per heavy atom. The highest BCUT2D eigenvalue weighted by Crippen LogP contribution is 2.50. The van der Waals surface area contributed by atoms with Gasteiger partial charge in [0.2, 0.25) is 5.91 Å². The van der Waals surface area contributed by atoms with E-state index in [1.807, 2.05) is 0 Å². The number of nitrogens with zero attached hydrogens (tertiary/aromatic N) is 1. The Hall–Kier alpha value is -2.48. The van der Waals surface area contributed by atoms with Crippen LogP contribution in [0.4, 0.5) is 23.2 Å². The summed E-state index contributed by atoms with van der Waals surface area (Å²) >= 11 is 0. The number of carbonyl (C=O) groups excluding carboxylic acids is 1. The van der Waals surface area contributed by atoms with E-state index in [1.54, 1.807) is 25.3 Å². The van der Waals surface area contributed by atoms with Gasteiger partial charge in [0.05, 0.1) is 23.7 Å². The highest BCUT2D eigenvalue weighted by molar-refractivity contribution is 5.94. The predicted octanol–water partition coefficient (Wildman–Crippen LogP) is 4.26. The van der Waals surface area contributed by atoms with Gasteiger partial charge in [-0.2, -0.15) is 13.2 Å². The van der Waals surface area contributed by atoms with Crippen molar-refractivity contribution in [2.24, 2.45) is 5.92 Å². The molecule has 0 unspecified atom stereocenters. The monoisotopic (exact) mass is 394 g/mol. The molecule has 148 valence electrons. The van der Waals surface area contributed by atoms with Crippen molar-refractivity contribution in [3.05, 3.63) is 59.4 Å². The molecule has 28 heavy (non-hydrogen) atoms. The average Bonchev–Trinajstić information content (AvgIpc) is 3.18. The van der Waals surface area contributed by atoms with Gasteiger partial charge in [0.25, 0.3) is 0 Å². The van der Waals surface area contributed by atoms with Crippen LogP contribution in [0.5, 0.6) is 0 Å². The molecular weight excluding hydrogens is 376 g/mol. The van der Waals surface area contributed by atoms with Gasteiger partial charge in [-0.25, -0.2) is 4.39 Å². The van der Waals surface area contributed by atoms with Crippen molar-refractivity contribution < 1.29 is 27.1 Å². The smallest absolute Gasteiger partial charge is 0.370 e. The van der Waals surface area contributed by atoms with Crippen LogP contribution in [0.3, 0.4) is 0 Å². The Morgan fingerprint density at radius 1 is 1.25 bits per heavy atom. The zero-order chi connectivity index (χ0) is 20.1. The quantitative estimate of drug-likeness (QED) is 0.792. The molecule has 2 saturated heterocycles. The third-order valence-corrected chi connectivity index (χ3v) is 5.35. The van der Waals surface area contributed by atoms with E-state index in [2.05, 4.69) is 10.3 Å². The molecule has 2 bridgehead atoms. The van der Waals surface area contributed by atoms with Crippen LogP contribution in [0.25, 0.3) is 0 Å². The van der Waals surface area contributed by atoms with Gasteiger partial charge in [0.15, 0.2) is 0 Å². The lowest BCUT2D eigenvalue weighted by Crippen LogP contribution is -2.39. The first-order valence-corrected chi connectivity index (χ1v) is 8.94. The van der Waals surface area contributed by atoms with Crippen LogP contribution in [0.2, 0.25) is 0 Å². The zero-order valence-electron chi connectivity index (χ0n) is 14.9. The lowest BCUT2D eigenvalue weighted by molar-refractivity contribution is -0.137. The second-order valence-corrected chi connectivity index (χ2v) is 7.24. The number of benzene rings is 1. The molecule has 2 aliphatic rings. The van der Waals surface area contributed by atoms with E-state index >= 15 is 0 Å². The van der Waals surface area contributed by atoms with Crippen molar-refractivity contribution >= 4 is 11.6 Å². The van der Waals surface area contributed by atoms with Gasteiger partial charge in [0, 0.05) is 29.9 Å². The fourth-order valence-corrected chi connectivity index (χ4v) is 4.18. The first-order valence-electron chi connectivity index (χ1n) is 8.94. The molecule has 2 aromatic rings. The zero-order valence-corrected chi connectivity index (χ0v) is 14.9. The molecule has 1 amide bonds. The van der Waals surface area contributed by atoms with Gasteiger partial charge in [-0.15, -0.1) is 0 Å². The summed E-state index contributed by atoms with van der Waals surface area (Å²) < 4.78 is 58.7. The third kappa shape index (κ3) is 3.37. The maximum absolute atomic E-state index is 14.3. The van der Waals surface area contributed by atoms with Gasteiger partial charge < -0.3 is 10.1 Å². The van der Waals surface area contributed by atoms with E-state index in [1.165, 1.54) is 12.1 Å². The number of amides is 1. The summed E-state index contributed by atoms with van der Waals surface area (Å²) in [5, 5.41) is 2.55. The van der Waals surface area contributed by atoms with E-state index in [4.69, 9.17) is 4.74 Å². The largest absolute Gasteiger partial charge is 0.416 e. The van der Waals surface area contributed by atoms with E-state index in [-0.39, 0.29) is 12.1 Å². The molecule has 8 heteroatoms. The molecule has 1 aromatic heterocycles. The fourth-order valence-electron chi connectivity index (χ4n) is 4.18. The van der Waals surface area contributed by atoms with E-state index < -0.39 is 47.9 Å². The van der Waals surface area contributed by atoms with Crippen LogP contribution in [0, 0.1) is 12.8 Å². The fraction of sp³-hybridized carbons (Fsp3) is 0.400. The Balaban J connectivity index is 1.61. The molecule has 1 N–H and O–H groups in total. The van der Waals surface area contributed by atoms with Crippen molar-refractivity contribution in [3.8, 4) is 0 Å². The van der Waals surface area contributed by atoms with Crippen LogP contribution in [0.15, 0.2) is 42.6 Å². The first kappa shape index (κ1) is 18.9. The number of rotatable bonds is 3. The van der Waals surface area contributed by atoms with Gasteiger partial charge in [-0.1, -0.05) is 6.07 Å². The number of nitrogens with one attached hydrogen (secondary N) is 1. The number of fused-ring (bicyclic) bond motifs is 2. The van der Waals surface area contributed by atoms with Crippen LogP contribution < -0.4 is 5.32 Å². The normalized spacial score (nSPS) is 29.1. The topological polar surface area (TPSA) is 51.2 Å². The van der Waals surface area contributed by atoms with Crippen LogP contribution >= 0.6 is 0 Å². The van der Waals surface area contributed by atoms with Crippen molar-refractivity contribution in [1.29, 1.82) is 0 Å². The number of halogens is 4. The molecule has 0 radical (unpaired) electrons. The first-order chi connectivity index (χ1) is 13.2. The van der Waals surface area contributed by atoms with E-state index in [9.17, 15) is 22.4 Å². The summed E-state index contributed by atoms with van der Waals surface area (Å²) in [5.74, 6) is -1.67. The second-order valence-electron chi connectivity index (χ2n) is 7.24. The highest BCUT2D eigenvalue weighted by atomic mass is 19.4. The molecule has 1 aromatic carbocycles. The molecule has 0 aliphatic carbocycles. The SMILES string of the molecule is Cc1cc([C@H]2[C@H]3O[C@H](C[C@H]3F)[C@@H]2C(=O)Nc2cccc(C(F)(F)F)c2)ccn1. The molecule has 2 fully saturated rings. The molecular formula is C20H18F4N2O2. The summed E-state index contributed by atoms with van der Waals surface area (Å²) in [6.45, 7) is 1.79. The maximum atomic E-state index is 14.3. The number of alkyl halides is 4. The Bertz CT molecular complexity index is 902. The highest BCUT2D eigenvalue weighted by Gasteiger charge is 2.57. The molecule has 0 saturated carbocycles. The van der Waals surface area contributed by atoms with Gasteiger partial charge >= 0.3 is 6.18 Å². The number of aromatic nitrogens is 1. The van der Waals surface area contributed by atoms with E-state index in [0.717, 1.165) is 23.4 Å². The second kappa shape index (κ2) is 6.84. The lowest BCUT2D eigenvalue weighted by Gasteiger charge is -2.29. The maximum Gasteiger partial charge on any atom is 0.416 e. The molecule has 3 heterocycles. The number of aryl methyl sites for hydroxylation is 1. The Kier molecular flexibility index (Phi) is 4.61. The number of pyridine rings is 1. The molecule has 2 aliphatic heterocycles. The van der Waals surface area contributed by atoms with Crippen LogP contribution in [-0.2, 0) is 15.7 Å². The van der Waals surface area contributed by atoms with Crippen molar-refractivity contribution in [2.75, 3.05) is 5.32 Å². The van der Waals surface area contributed by atoms with Crippen molar-refractivity contribution in [2.45, 2.75) is 43.8 Å². The summed E-state index contributed by atoms with van der Waals surface area (Å²) in [5.41, 5.74) is 0.669. The molecule has 0 spiro atoms.